The predicted octanol–water partition coefficient (Wildman–Crippen LogP) is 1.96. The lowest BCUT2D eigenvalue weighted by Gasteiger charge is -2.28. The van der Waals surface area contributed by atoms with E-state index in [1.165, 1.54) is 19.4 Å². The summed E-state index contributed by atoms with van der Waals surface area (Å²) in [6, 6.07) is 9.90. The molecule has 5 heteroatoms. The van der Waals surface area contributed by atoms with E-state index in [0.717, 1.165) is 37.9 Å². The van der Waals surface area contributed by atoms with Crippen molar-refractivity contribution < 1.29 is 4.74 Å². The van der Waals surface area contributed by atoms with Gasteiger partial charge in [-0.25, -0.2) is 0 Å². The van der Waals surface area contributed by atoms with Crippen LogP contribution in [0.5, 0.6) is 5.75 Å². The number of rotatable bonds is 7. The topological polar surface area (TPSA) is 48.9 Å². The van der Waals surface area contributed by atoms with Crippen molar-refractivity contribution in [2.75, 3.05) is 46.4 Å². The van der Waals surface area contributed by atoms with Crippen molar-refractivity contribution in [2.24, 2.45) is 10.9 Å². The molecule has 1 aliphatic rings. The highest BCUT2D eigenvalue weighted by Crippen LogP contribution is 2.15. The van der Waals surface area contributed by atoms with Crippen LogP contribution in [0.4, 0.5) is 0 Å². The molecule has 1 aromatic rings. The zero-order chi connectivity index (χ0) is 16.3. The smallest absolute Gasteiger partial charge is 0.191 e. The molecule has 1 aromatic carbocycles. The maximum atomic E-state index is 5.69. The Morgan fingerprint density at radius 3 is 2.87 bits per heavy atom. The van der Waals surface area contributed by atoms with Gasteiger partial charge in [0.25, 0.3) is 0 Å². The molecule has 0 radical (unpaired) electrons. The van der Waals surface area contributed by atoms with Gasteiger partial charge in [0, 0.05) is 19.6 Å². The van der Waals surface area contributed by atoms with E-state index in [1.54, 1.807) is 0 Å². The van der Waals surface area contributed by atoms with Crippen molar-refractivity contribution >= 4 is 5.96 Å². The molecule has 2 rings (SSSR count). The Balaban J connectivity index is 1.70. The predicted molar refractivity (Wildman–Crippen MR) is 96.1 cm³/mol. The third-order valence-electron chi connectivity index (χ3n) is 3.98. The maximum Gasteiger partial charge on any atom is 0.191 e. The molecule has 0 spiro atoms. The van der Waals surface area contributed by atoms with Crippen LogP contribution in [-0.4, -0.2) is 57.2 Å². The number of benzene rings is 1. The van der Waals surface area contributed by atoms with E-state index in [2.05, 4.69) is 29.5 Å². The van der Waals surface area contributed by atoms with Crippen molar-refractivity contribution in [3.63, 3.8) is 0 Å². The molecule has 1 fully saturated rings. The summed E-state index contributed by atoms with van der Waals surface area (Å²) in [5.41, 5.74) is 0. The first-order valence-corrected chi connectivity index (χ1v) is 8.66. The second-order valence-corrected chi connectivity index (χ2v) is 6.08. The van der Waals surface area contributed by atoms with Gasteiger partial charge in [-0.2, -0.15) is 0 Å². The van der Waals surface area contributed by atoms with Crippen LogP contribution in [0, 0.1) is 5.92 Å². The SMILES string of the molecule is CCNC(=NCC1CCCN(C)C1)NCCOc1ccccc1. The van der Waals surface area contributed by atoms with Crippen molar-refractivity contribution in [1.82, 2.24) is 15.5 Å². The van der Waals surface area contributed by atoms with Crippen LogP contribution >= 0.6 is 0 Å². The van der Waals surface area contributed by atoms with Crippen molar-refractivity contribution in [3.05, 3.63) is 30.3 Å². The summed E-state index contributed by atoms with van der Waals surface area (Å²) in [6.07, 6.45) is 2.57. The van der Waals surface area contributed by atoms with Crippen LogP contribution in [0.2, 0.25) is 0 Å². The Morgan fingerprint density at radius 2 is 2.13 bits per heavy atom. The Bertz CT molecular complexity index is 463. The van der Waals surface area contributed by atoms with Gasteiger partial charge in [-0.15, -0.1) is 0 Å². The highest BCUT2D eigenvalue weighted by Gasteiger charge is 2.16. The van der Waals surface area contributed by atoms with Crippen molar-refractivity contribution in [2.45, 2.75) is 19.8 Å². The molecule has 5 nitrogen and oxygen atoms in total. The lowest BCUT2D eigenvalue weighted by Crippen LogP contribution is -2.40. The zero-order valence-corrected chi connectivity index (χ0v) is 14.4. The van der Waals surface area contributed by atoms with Gasteiger partial charge in [0.05, 0.1) is 6.54 Å². The fourth-order valence-electron chi connectivity index (χ4n) is 2.84. The standard InChI is InChI=1S/C18H30N4O/c1-3-19-18(21-14-16-8-7-12-22(2)15-16)20-11-13-23-17-9-5-4-6-10-17/h4-6,9-10,16H,3,7-8,11-15H2,1-2H3,(H2,19,20,21). The highest BCUT2D eigenvalue weighted by atomic mass is 16.5. The largest absolute Gasteiger partial charge is 0.492 e. The number of piperidine rings is 1. The molecular weight excluding hydrogens is 288 g/mol. The first kappa shape index (κ1) is 17.6. The number of aliphatic imine (C=N–C) groups is 1. The minimum absolute atomic E-state index is 0.626. The monoisotopic (exact) mass is 318 g/mol. The van der Waals surface area contributed by atoms with Gasteiger partial charge >= 0.3 is 0 Å². The molecule has 1 aliphatic heterocycles. The van der Waals surface area contributed by atoms with Gasteiger partial charge in [0.1, 0.15) is 12.4 Å². The van der Waals surface area contributed by atoms with E-state index in [4.69, 9.17) is 9.73 Å². The first-order chi connectivity index (χ1) is 11.3. The molecule has 1 saturated heterocycles. The molecule has 0 amide bonds. The Morgan fingerprint density at radius 1 is 1.30 bits per heavy atom. The zero-order valence-electron chi connectivity index (χ0n) is 14.4. The molecular formula is C18H30N4O. The molecule has 1 heterocycles. The average molecular weight is 318 g/mol. The van der Waals surface area contributed by atoms with Gasteiger partial charge in [0.2, 0.25) is 0 Å². The maximum absolute atomic E-state index is 5.69. The van der Waals surface area contributed by atoms with Crippen LogP contribution in [0.3, 0.4) is 0 Å². The molecule has 0 saturated carbocycles. The lowest BCUT2D eigenvalue weighted by molar-refractivity contribution is 0.214. The summed E-state index contributed by atoms with van der Waals surface area (Å²) >= 11 is 0. The fraction of sp³-hybridized carbons (Fsp3) is 0.611. The highest BCUT2D eigenvalue weighted by molar-refractivity contribution is 5.79. The molecule has 0 bridgehead atoms. The van der Waals surface area contributed by atoms with Crippen molar-refractivity contribution in [3.8, 4) is 5.75 Å². The second kappa shape index (κ2) is 10.1. The Hall–Kier alpha value is -1.75. The number of guanidine groups is 1. The van der Waals surface area contributed by atoms with Gasteiger partial charge in [0.15, 0.2) is 5.96 Å². The molecule has 1 unspecified atom stereocenters. The van der Waals surface area contributed by atoms with Gasteiger partial charge in [-0.3, -0.25) is 4.99 Å². The van der Waals surface area contributed by atoms with Gasteiger partial charge in [-0.05, 0) is 51.4 Å². The number of hydrogen-bond donors (Lipinski definition) is 2. The van der Waals surface area contributed by atoms with Crippen LogP contribution < -0.4 is 15.4 Å². The Kier molecular flexibility index (Phi) is 7.73. The molecule has 128 valence electrons. The normalized spacial score (nSPS) is 19.4. The fourth-order valence-corrected chi connectivity index (χ4v) is 2.84. The molecule has 2 N–H and O–H groups in total. The number of nitrogens with one attached hydrogen (secondary N) is 2. The summed E-state index contributed by atoms with van der Waals surface area (Å²) in [5.74, 6) is 2.46. The van der Waals surface area contributed by atoms with E-state index in [0.29, 0.717) is 12.5 Å². The third-order valence-corrected chi connectivity index (χ3v) is 3.98. The summed E-state index contributed by atoms with van der Waals surface area (Å²) in [7, 11) is 2.19. The molecule has 0 aromatic heterocycles. The summed E-state index contributed by atoms with van der Waals surface area (Å²) in [6.45, 7) is 7.59. The molecule has 23 heavy (non-hydrogen) atoms. The number of nitrogens with zero attached hydrogens (tertiary/aromatic N) is 2. The summed E-state index contributed by atoms with van der Waals surface area (Å²) < 4.78 is 5.69. The van der Waals surface area contributed by atoms with Crippen LogP contribution in [0.25, 0.3) is 0 Å². The van der Waals surface area contributed by atoms with E-state index in [9.17, 15) is 0 Å². The number of ether oxygens (including phenoxy) is 1. The third kappa shape index (κ3) is 6.91. The van der Waals surface area contributed by atoms with E-state index >= 15 is 0 Å². The van der Waals surface area contributed by atoms with Crippen LogP contribution in [-0.2, 0) is 0 Å². The second-order valence-electron chi connectivity index (χ2n) is 6.08. The number of likely N-dealkylation sites (tertiary alicyclic amines) is 1. The van der Waals surface area contributed by atoms with E-state index in [1.807, 2.05) is 30.3 Å². The lowest BCUT2D eigenvalue weighted by atomic mass is 9.99. The summed E-state index contributed by atoms with van der Waals surface area (Å²) in [4.78, 5) is 7.13. The quantitative estimate of drug-likeness (QED) is 0.458. The molecule has 1 atom stereocenters. The van der Waals surface area contributed by atoms with Gasteiger partial charge < -0.3 is 20.3 Å². The first-order valence-electron chi connectivity index (χ1n) is 8.66. The number of hydrogen-bond acceptors (Lipinski definition) is 3. The minimum Gasteiger partial charge on any atom is -0.492 e. The minimum atomic E-state index is 0.626. The summed E-state index contributed by atoms with van der Waals surface area (Å²) in [5, 5.41) is 6.64. The average Bonchev–Trinajstić information content (AvgIpc) is 2.57. The van der Waals surface area contributed by atoms with E-state index in [-0.39, 0.29) is 0 Å². The van der Waals surface area contributed by atoms with Crippen molar-refractivity contribution in [1.29, 1.82) is 0 Å². The number of para-hydroxylation sites is 1. The van der Waals surface area contributed by atoms with E-state index < -0.39 is 0 Å². The van der Waals surface area contributed by atoms with Gasteiger partial charge in [-0.1, -0.05) is 18.2 Å². The van der Waals surface area contributed by atoms with Crippen LogP contribution in [0.15, 0.2) is 35.3 Å². The molecule has 0 aliphatic carbocycles. The Labute approximate surface area is 140 Å². The van der Waals surface area contributed by atoms with Crippen LogP contribution in [0.1, 0.15) is 19.8 Å².